The minimum absolute atomic E-state index is 0.0332. The van der Waals surface area contributed by atoms with Gasteiger partial charge in [-0.3, -0.25) is 4.79 Å². The van der Waals surface area contributed by atoms with Crippen LogP contribution in [0.25, 0.3) is 0 Å². The second-order valence-electron chi connectivity index (χ2n) is 10.3. The lowest BCUT2D eigenvalue weighted by molar-refractivity contribution is -0.116. The van der Waals surface area contributed by atoms with Crippen LogP contribution in [-0.4, -0.2) is 18.5 Å². The van der Waals surface area contributed by atoms with Gasteiger partial charge in [0.1, 0.15) is 0 Å². The van der Waals surface area contributed by atoms with Crippen LogP contribution in [0.2, 0.25) is 0 Å². The molecule has 0 saturated carbocycles. The molecule has 1 amide bonds. The lowest BCUT2D eigenvalue weighted by atomic mass is 10.0. The molecule has 0 aromatic heterocycles. The van der Waals surface area contributed by atoms with Crippen LogP contribution in [0.15, 0.2) is 24.3 Å². The zero-order chi connectivity index (χ0) is 26.1. The molecule has 0 unspecified atom stereocenters. The molecule has 4 heteroatoms. The first-order chi connectivity index (χ1) is 17.7. The van der Waals surface area contributed by atoms with Gasteiger partial charge in [-0.1, -0.05) is 141 Å². The van der Waals surface area contributed by atoms with Gasteiger partial charge >= 0.3 is 5.97 Å². The van der Waals surface area contributed by atoms with Crippen molar-refractivity contribution < 1.29 is 14.3 Å². The van der Waals surface area contributed by atoms with Crippen LogP contribution < -0.4 is 5.32 Å². The van der Waals surface area contributed by atoms with Crippen molar-refractivity contribution in [2.24, 2.45) is 0 Å². The Hall–Kier alpha value is -1.84. The van der Waals surface area contributed by atoms with E-state index in [4.69, 9.17) is 4.74 Å². The number of hydrogen-bond donors (Lipinski definition) is 1. The fourth-order valence-electron chi connectivity index (χ4n) is 4.73. The number of carbonyl (C=O) groups is 2. The quantitative estimate of drug-likeness (QED) is 0.113. The number of esters is 1. The largest absolute Gasteiger partial charge is 0.462 e. The second kappa shape index (κ2) is 23.6. The van der Waals surface area contributed by atoms with E-state index < -0.39 is 5.97 Å². The van der Waals surface area contributed by atoms with E-state index >= 15 is 0 Å². The summed E-state index contributed by atoms with van der Waals surface area (Å²) in [5.41, 5.74) is 0.949. The van der Waals surface area contributed by atoms with Gasteiger partial charge in [0.2, 0.25) is 5.91 Å². The molecule has 1 aromatic rings. The number of anilines is 1. The summed E-state index contributed by atoms with van der Waals surface area (Å²) in [6.07, 6.45) is 27.5. The van der Waals surface area contributed by atoms with Crippen molar-refractivity contribution in [3.8, 4) is 0 Å². The van der Waals surface area contributed by atoms with Crippen molar-refractivity contribution in [1.29, 1.82) is 0 Å². The lowest BCUT2D eigenvalue weighted by Gasteiger charge is -2.10. The highest BCUT2D eigenvalue weighted by molar-refractivity contribution is 6.01. The van der Waals surface area contributed by atoms with E-state index in [1.165, 1.54) is 116 Å². The number of ether oxygens (including phenoxy) is 1. The van der Waals surface area contributed by atoms with Crippen LogP contribution >= 0.6 is 0 Å². The number of hydrogen-bond acceptors (Lipinski definition) is 3. The number of unbranched alkanes of at least 4 members (excludes halogenated alkanes) is 19. The van der Waals surface area contributed by atoms with E-state index in [1.54, 1.807) is 25.1 Å². The summed E-state index contributed by atoms with van der Waals surface area (Å²) in [6.45, 7) is 4.38. The van der Waals surface area contributed by atoms with E-state index in [1.807, 2.05) is 6.07 Å². The maximum Gasteiger partial charge on any atom is 0.340 e. The second-order valence-corrected chi connectivity index (χ2v) is 10.3. The van der Waals surface area contributed by atoms with Crippen molar-refractivity contribution in [3.05, 3.63) is 29.8 Å². The van der Waals surface area contributed by atoms with Gasteiger partial charge in [0.25, 0.3) is 0 Å². The molecule has 0 fully saturated rings. The first kappa shape index (κ1) is 32.2. The van der Waals surface area contributed by atoms with E-state index in [-0.39, 0.29) is 5.91 Å². The highest BCUT2D eigenvalue weighted by Crippen LogP contribution is 2.18. The Bertz CT molecular complexity index is 673. The molecule has 0 heterocycles. The van der Waals surface area contributed by atoms with Gasteiger partial charge in [0.05, 0.1) is 17.9 Å². The molecule has 1 N–H and O–H groups in total. The van der Waals surface area contributed by atoms with Crippen molar-refractivity contribution >= 4 is 17.6 Å². The normalized spacial score (nSPS) is 10.9. The van der Waals surface area contributed by atoms with Crippen LogP contribution in [0.5, 0.6) is 0 Å². The summed E-state index contributed by atoms with van der Waals surface area (Å²) in [6, 6.07) is 7.03. The van der Waals surface area contributed by atoms with Crippen LogP contribution in [0.3, 0.4) is 0 Å². The predicted octanol–water partition coefficient (Wildman–Crippen LogP) is 10.0. The average Bonchev–Trinajstić information content (AvgIpc) is 2.88. The molecule has 0 bridgehead atoms. The molecule has 0 radical (unpaired) electrons. The molecule has 0 aliphatic heterocycles. The summed E-state index contributed by atoms with van der Waals surface area (Å²) < 4.78 is 5.07. The van der Waals surface area contributed by atoms with Gasteiger partial charge < -0.3 is 10.1 Å². The van der Waals surface area contributed by atoms with Crippen molar-refractivity contribution in [3.63, 3.8) is 0 Å². The van der Waals surface area contributed by atoms with Gasteiger partial charge in [-0.05, 0) is 25.5 Å². The Morgan fingerprint density at radius 2 is 1.03 bits per heavy atom. The lowest BCUT2D eigenvalue weighted by Crippen LogP contribution is -2.15. The Kier molecular flexibility index (Phi) is 21.1. The van der Waals surface area contributed by atoms with Gasteiger partial charge in [0.15, 0.2) is 0 Å². The Morgan fingerprint density at radius 1 is 0.611 bits per heavy atom. The molecule has 0 saturated heterocycles. The Morgan fingerprint density at radius 3 is 1.47 bits per heavy atom. The molecule has 0 atom stereocenters. The van der Waals surface area contributed by atoms with Crippen LogP contribution in [0, 0.1) is 0 Å². The van der Waals surface area contributed by atoms with Crippen LogP contribution in [0.4, 0.5) is 5.69 Å². The smallest absolute Gasteiger partial charge is 0.340 e. The molecular weight excluding hydrogens is 446 g/mol. The minimum Gasteiger partial charge on any atom is -0.462 e. The maximum atomic E-state index is 12.3. The monoisotopic (exact) mass is 501 g/mol. The summed E-state index contributed by atoms with van der Waals surface area (Å²) >= 11 is 0. The fourth-order valence-corrected chi connectivity index (χ4v) is 4.73. The highest BCUT2D eigenvalue weighted by Gasteiger charge is 2.13. The first-order valence-electron chi connectivity index (χ1n) is 15.2. The number of para-hydroxylation sites is 1. The highest BCUT2D eigenvalue weighted by atomic mass is 16.5. The average molecular weight is 502 g/mol. The van der Waals surface area contributed by atoms with Crippen molar-refractivity contribution in [2.45, 2.75) is 149 Å². The molecule has 0 aliphatic carbocycles. The molecule has 36 heavy (non-hydrogen) atoms. The number of carbonyl (C=O) groups excluding carboxylic acids is 2. The van der Waals surface area contributed by atoms with Crippen LogP contribution in [0.1, 0.15) is 159 Å². The van der Waals surface area contributed by atoms with E-state index in [0.717, 1.165) is 12.8 Å². The molecule has 1 rings (SSSR count). The van der Waals surface area contributed by atoms with Crippen molar-refractivity contribution in [2.75, 3.05) is 11.9 Å². The SMILES string of the molecule is CCCCCCCCCCCCCCCCCCCCCCC(=O)Nc1ccccc1C(=O)OCC. The van der Waals surface area contributed by atoms with Crippen LogP contribution in [-0.2, 0) is 9.53 Å². The third-order valence-electron chi connectivity index (χ3n) is 6.95. The summed E-state index contributed by atoms with van der Waals surface area (Å²) in [5, 5.41) is 2.87. The summed E-state index contributed by atoms with van der Waals surface area (Å²) in [4.78, 5) is 24.3. The van der Waals surface area contributed by atoms with E-state index in [2.05, 4.69) is 12.2 Å². The topological polar surface area (TPSA) is 55.4 Å². The van der Waals surface area contributed by atoms with E-state index in [0.29, 0.717) is 24.3 Å². The number of benzene rings is 1. The molecule has 206 valence electrons. The fraction of sp³-hybridized carbons (Fsp3) is 0.750. The molecule has 1 aromatic carbocycles. The van der Waals surface area contributed by atoms with Gasteiger partial charge in [0, 0.05) is 6.42 Å². The summed E-state index contributed by atoms with van der Waals surface area (Å²) in [7, 11) is 0. The molecule has 0 aliphatic rings. The zero-order valence-electron chi connectivity index (χ0n) is 23.6. The third-order valence-corrected chi connectivity index (χ3v) is 6.95. The maximum absolute atomic E-state index is 12.3. The number of amides is 1. The molecule has 4 nitrogen and oxygen atoms in total. The molecule has 0 spiro atoms. The van der Waals surface area contributed by atoms with E-state index in [9.17, 15) is 9.59 Å². The summed E-state index contributed by atoms with van der Waals surface area (Å²) in [5.74, 6) is -0.429. The Balaban J connectivity index is 1.88. The van der Waals surface area contributed by atoms with Gasteiger partial charge in [-0.15, -0.1) is 0 Å². The predicted molar refractivity (Wildman–Crippen MR) is 154 cm³/mol. The van der Waals surface area contributed by atoms with Gasteiger partial charge in [-0.2, -0.15) is 0 Å². The Labute approximate surface area is 222 Å². The standard InChI is InChI=1S/C32H55NO3/c1-3-5-6-7-8-9-10-11-12-13-14-15-16-17-18-19-20-21-22-23-28-31(34)33-30-27-25-24-26-29(30)32(35)36-4-2/h24-27H,3-23,28H2,1-2H3,(H,33,34). The third kappa shape index (κ3) is 17.6. The first-order valence-corrected chi connectivity index (χ1v) is 15.2. The number of nitrogens with one attached hydrogen (secondary N) is 1. The molecular formula is C32H55NO3. The minimum atomic E-state index is -0.396. The number of rotatable bonds is 24. The van der Waals surface area contributed by atoms with Gasteiger partial charge in [-0.25, -0.2) is 4.79 Å². The zero-order valence-corrected chi connectivity index (χ0v) is 23.6. The van der Waals surface area contributed by atoms with Crippen molar-refractivity contribution in [1.82, 2.24) is 0 Å².